The molecule has 1 fully saturated rings. The molecule has 2 aromatic rings. The molecule has 126 valence electrons. The summed E-state index contributed by atoms with van der Waals surface area (Å²) in [6.07, 6.45) is 1.41. The van der Waals surface area contributed by atoms with Crippen LogP contribution in [0, 0.1) is 19.8 Å². The number of anilines is 1. The van der Waals surface area contributed by atoms with E-state index in [4.69, 9.17) is 0 Å². The first-order valence-corrected chi connectivity index (χ1v) is 9.00. The summed E-state index contributed by atoms with van der Waals surface area (Å²) in [5.74, 6) is 0.185. The van der Waals surface area contributed by atoms with E-state index in [-0.39, 0.29) is 17.7 Å². The minimum atomic E-state index is -0.134. The van der Waals surface area contributed by atoms with Crippen molar-refractivity contribution in [2.24, 2.45) is 5.92 Å². The number of hydrogen-bond acceptors (Lipinski definition) is 4. The quantitative estimate of drug-likeness (QED) is 0.860. The predicted molar refractivity (Wildman–Crippen MR) is 95.7 cm³/mol. The van der Waals surface area contributed by atoms with Gasteiger partial charge < -0.3 is 4.90 Å². The molecule has 0 spiro atoms. The van der Waals surface area contributed by atoms with Crippen LogP contribution in [-0.2, 0) is 0 Å². The number of benzene rings is 1. The van der Waals surface area contributed by atoms with Crippen molar-refractivity contribution in [1.82, 2.24) is 9.88 Å². The van der Waals surface area contributed by atoms with Crippen molar-refractivity contribution in [3.63, 3.8) is 0 Å². The Morgan fingerprint density at radius 1 is 1.17 bits per heavy atom. The molecule has 3 rings (SSSR count). The number of likely N-dealkylation sites (tertiary alicyclic amines) is 1. The summed E-state index contributed by atoms with van der Waals surface area (Å²) in [7, 11) is 0. The van der Waals surface area contributed by atoms with Crippen molar-refractivity contribution in [3.8, 4) is 0 Å². The van der Waals surface area contributed by atoms with Gasteiger partial charge in [0, 0.05) is 30.0 Å². The number of piperidine rings is 1. The molecular formula is C18H21N3O2S. The van der Waals surface area contributed by atoms with Gasteiger partial charge in [0.1, 0.15) is 0 Å². The Morgan fingerprint density at radius 2 is 1.83 bits per heavy atom. The van der Waals surface area contributed by atoms with Crippen LogP contribution in [0.5, 0.6) is 0 Å². The number of carbonyl (C=O) groups excluding carboxylic acids is 2. The Balaban J connectivity index is 1.54. The van der Waals surface area contributed by atoms with Gasteiger partial charge in [0.2, 0.25) is 0 Å². The van der Waals surface area contributed by atoms with Crippen molar-refractivity contribution < 1.29 is 9.59 Å². The van der Waals surface area contributed by atoms with Gasteiger partial charge in [-0.05, 0) is 26.7 Å². The molecule has 0 aliphatic carbocycles. The molecule has 6 heteroatoms. The Hall–Kier alpha value is -2.21. The van der Waals surface area contributed by atoms with Crippen molar-refractivity contribution in [2.75, 3.05) is 18.4 Å². The molecular weight excluding hydrogens is 322 g/mol. The highest BCUT2D eigenvalue weighted by molar-refractivity contribution is 7.13. The molecule has 2 amide bonds. The van der Waals surface area contributed by atoms with E-state index in [2.05, 4.69) is 10.3 Å². The lowest BCUT2D eigenvalue weighted by atomic mass is 9.89. The van der Waals surface area contributed by atoms with E-state index < -0.39 is 0 Å². The van der Waals surface area contributed by atoms with Crippen LogP contribution < -0.4 is 5.32 Å². The number of urea groups is 1. The lowest BCUT2D eigenvalue weighted by Gasteiger charge is -2.31. The maximum atomic E-state index is 12.6. The van der Waals surface area contributed by atoms with Crippen LogP contribution in [0.1, 0.15) is 34.5 Å². The molecule has 0 atom stereocenters. The van der Waals surface area contributed by atoms with Gasteiger partial charge in [-0.3, -0.25) is 10.1 Å². The number of aromatic nitrogens is 1. The second kappa shape index (κ2) is 7.13. The van der Waals surface area contributed by atoms with Crippen molar-refractivity contribution in [1.29, 1.82) is 0 Å². The van der Waals surface area contributed by atoms with Crippen LogP contribution >= 0.6 is 11.3 Å². The molecule has 1 aliphatic rings. The minimum absolute atomic E-state index is 0.00105. The third kappa shape index (κ3) is 3.82. The summed E-state index contributed by atoms with van der Waals surface area (Å²) < 4.78 is 0. The summed E-state index contributed by atoms with van der Waals surface area (Å²) in [4.78, 5) is 30.8. The lowest BCUT2D eigenvalue weighted by molar-refractivity contribution is 0.0859. The fourth-order valence-electron chi connectivity index (χ4n) is 2.88. The molecule has 2 heterocycles. The Bertz CT molecular complexity index is 731. The average Bonchev–Trinajstić information content (AvgIpc) is 3.00. The van der Waals surface area contributed by atoms with Crippen molar-refractivity contribution in [3.05, 3.63) is 46.5 Å². The van der Waals surface area contributed by atoms with E-state index in [0.29, 0.717) is 31.1 Å². The van der Waals surface area contributed by atoms with Gasteiger partial charge in [0.25, 0.3) is 0 Å². The van der Waals surface area contributed by atoms with E-state index in [0.717, 1.165) is 16.8 Å². The highest BCUT2D eigenvalue weighted by Gasteiger charge is 2.28. The molecule has 5 nitrogen and oxygen atoms in total. The zero-order valence-electron chi connectivity index (χ0n) is 13.9. The Morgan fingerprint density at radius 3 is 2.42 bits per heavy atom. The molecule has 1 aromatic heterocycles. The predicted octanol–water partition coefficient (Wildman–Crippen LogP) is 3.89. The molecule has 1 aliphatic heterocycles. The summed E-state index contributed by atoms with van der Waals surface area (Å²) in [5.41, 5.74) is 2.81. The second-order valence-corrected chi connectivity index (χ2v) is 7.07. The van der Waals surface area contributed by atoms with E-state index in [1.54, 1.807) is 4.90 Å². The second-order valence-electron chi connectivity index (χ2n) is 6.22. The molecule has 1 N–H and O–H groups in total. The number of nitrogens with zero attached hydrogens (tertiary/aromatic N) is 2. The summed E-state index contributed by atoms with van der Waals surface area (Å²) in [5, 5.41) is 5.35. The van der Waals surface area contributed by atoms with Gasteiger partial charge >= 0.3 is 6.03 Å². The monoisotopic (exact) mass is 343 g/mol. The molecule has 0 bridgehead atoms. The fourth-order valence-corrected chi connectivity index (χ4v) is 3.56. The highest BCUT2D eigenvalue weighted by atomic mass is 32.1. The highest BCUT2D eigenvalue weighted by Crippen LogP contribution is 2.23. The third-order valence-electron chi connectivity index (χ3n) is 4.32. The van der Waals surface area contributed by atoms with Crippen molar-refractivity contribution >= 4 is 28.3 Å². The molecule has 0 radical (unpaired) electrons. The van der Waals surface area contributed by atoms with Crippen LogP contribution in [0.4, 0.5) is 9.93 Å². The maximum Gasteiger partial charge on any atom is 0.323 e. The lowest BCUT2D eigenvalue weighted by Crippen LogP contribution is -2.42. The average molecular weight is 343 g/mol. The first kappa shape index (κ1) is 16.6. The summed E-state index contributed by atoms with van der Waals surface area (Å²) >= 11 is 1.42. The first-order chi connectivity index (χ1) is 11.5. The smallest absolute Gasteiger partial charge is 0.323 e. The molecule has 1 saturated heterocycles. The van der Waals surface area contributed by atoms with Crippen LogP contribution in [0.15, 0.2) is 29.6 Å². The molecule has 1 aromatic carbocycles. The largest absolute Gasteiger partial charge is 0.324 e. The van der Waals surface area contributed by atoms with E-state index in [9.17, 15) is 9.59 Å². The maximum absolute atomic E-state index is 12.6. The van der Waals surface area contributed by atoms with E-state index >= 15 is 0 Å². The number of carbonyl (C=O) groups is 2. The summed E-state index contributed by atoms with van der Waals surface area (Å²) in [6.45, 7) is 5.10. The van der Waals surface area contributed by atoms with Crippen LogP contribution in [-0.4, -0.2) is 34.8 Å². The first-order valence-electron chi connectivity index (χ1n) is 8.12. The Kier molecular flexibility index (Phi) is 4.94. The van der Waals surface area contributed by atoms with Crippen LogP contribution in [0.3, 0.4) is 0 Å². The fraction of sp³-hybridized carbons (Fsp3) is 0.389. The Labute approximate surface area is 145 Å². The normalized spacial score (nSPS) is 15.3. The van der Waals surface area contributed by atoms with Gasteiger partial charge in [-0.15, -0.1) is 11.3 Å². The SMILES string of the molecule is Cc1ccc(C(=O)C2CCN(C(=O)Nc3nc(C)cs3)CC2)cc1. The van der Waals surface area contributed by atoms with Gasteiger partial charge in [-0.25, -0.2) is 9.78 Å². The van der Waals surface area contributed by atoms with Crippen molar-refractivity contribution in [2.45, 2.75) is 26.7 Å². The number of amides is 2. The van der Waals surface area contributed by atoms with Crippen LogP contribution in [0.2, 0.25) is 0 Å². The summed E-state index contributed by atoms with van der Waals surface area (Å²) in [6, 6.07) is 7.58. The number of nitrogens with one attached hydrogen (secondary N) is 1. The topological polar surface area (TPSA) is 62.3 Å². The number of ketones is 1. The van der Waals surface area contributed by atoms with Gasteiger partial charge in [0.15, 0.2) is 10.9 Å². The number of aryl methyl sites for hydroxylation is 2. The zero-order valence-corrected chi connectivity index (χ0v) is 14.7. The van der Waals surface area contributed by atoms with E-state index in [1.165, 1.54) is 11.3 Å². The van der Waals surface area contributed by atoms with Gasteiger partial charge in [-0.2, -0.15) is 0 Å². The minimum Gasteiger partial charge on any atom is -0.324 e. The number of rotatable bonds is 3. The molecule has 0 saturated carbocycles. The number of Topliss-reactive ketones (excluding diaryl/α,β-unsaturated/α-hetero) is 1. The molecule has 24 heavy (non-hydrogen) atoms. The standard InChI is InChI=1S/C18H21N3O2S/c1-12-3-5-14(6-4-12)16(22)15-7-9-21(10-8-15)18(23)20-17-19-13(2)11-24-17/h3-6,11,15H,7-10H2,1-2H3,(H,19,20,23). The molecule has 0 unspecified atom stereocenters. The number of hydrogen-bond donors (Lipinski definition) is 1. The third-order valence-corrected chi connectivity index (χ3v) is 5.20. The number of thiazole rings is 1. The van der Waals surface area contributed by atoms with Gasteiger partial charge in [-0.1, -0.05) is 29.8 Å². The van der Waals surface area contributed by atoms with Crippen LogP contribution in [0.25, 0.3) is 0 Å². The van der Waals surface area contributed by atoms with Gasteiger partial charge in [0.05, 0.1) is 5.69 Å². The zero-order chi connectivity index (χ0) is 17.1. The van der Waals surface area contributed by atoms with E-state index in [1.807, 2.05) is 43.5 Å².